The zero-order valence-electron chi connectivity index (χ0n) is 14.0. The van der Waals surface area contributed by atoms with E-state index in [9.17, 15) is 15.0 Å². The molecular formula is C19H26O4. The molecule has 2 N–H and O–H groups in total. The Hall–Kier alpha value is -1.13. The Morgan fingerprint density at radius 1 is 1.17 bits per heavy atom. The van der Waals surface area contributed by atoms with Crippen LogP contribution in [0.2, 0.25) is 0 Å². The van der Waals surface area contributed by atoms with Gasteiger partial charge in [0.05, 0.1) is 31.2 Å². The number of aliphatic hydroxyl groups excluding tert-OH is 2. The van der Waals surface area contributed by atoms with Crippen LogP contribution in [0.4, 0.5) is 0 Å². The van der Waals surface area contributed by atoms with E-state index < -0.39 is 5.41 Å². The standard InChI is InChI=1S/C19H26O4/c1-17-7-16(22)18(2,10-20)14(17)5-6-19(11-21)13-9-23-8-12(13)3-4-15(17)19/h8-9,14-15,20-21H,3-7,10-11H2,1-2H3/t14-,15-,17+,18+,19-/m1/s1. The van der Waals surface area contributed by atoms with Crippen molar-refractivity contribution in [2.45, 2.75) is 51.4 Å². The lowest BCUT2D eigenvalue weighted by Gasteiger charge is -2.57. The minimum atomic E-state index is -0.618. The molecule has 3 aliphatic rings. The van der Waals surface area contributed by atoms with Gasteiger partial charge in [0.15, 0.2) is 0 Å². The monoisotopic (exact) mass is 318 g/mol. The summed E-state index contributed by atoms with van der Waals surface area (Å²) in [6, 6.07) is 0. The molecule has 3 aliphatic carbocycles. The van der Waals surface area contributed by atoms with Gasteiger partial charge in [0.1, 0.15) is 5.78 Å². The van der Waals surface area contributed by atoms with Crippen LogP contribution < -0.4 is 0 Å². The summed E-state index contributed by atoms with van der Waals surface area (Å²) >= 11 is 0. The van der Waals surface area contributed by atoms with Crippen molar-refractivity contribution in [2.24, 2.45) is 22.7 Å². The molecule has 1 aromatic rings. The number of carbonyl (C=O) groups is 1. The lowest BCUT2D eigenvalue weighted by molar-refractivity contribution is -0.129. The molecule has 0 spiro atoms. The number of aliphatic hydroxyl groups is 2. The summed E-state index contributed by atoms with van der Waals surface area (Å²) < 4.78 is 5.45. The second-order valence-electron chi connectivity index (χ2n) is 8.49. The van der Waals surface area contributed by atoms with E-state index >= 15 is 0 Å². The van der Waals surface area contributed by atoms with Crippen LogP contribution in [-0.4, -0.2) is 29.2 Å². The lowest BCUT2D eigenvalue weighted by Crippen LogP contribution is -2.56. The minimum absolute atomic E-state index is 0.0676. The van der Waals surface area contributed by atoms with E-state index in [0.717, 1.165) is 31.2 Å². The van der Waals surface area contributed by atoms with Crippen molar-refractivity contribution in [3.8, 4) is 0 Å². The van der Waals surface area contributed by atoms with E-state index in [2.05, 4.69) is 6.92 Å². The third-order valence-corrected chi connectivity index (χ3v) is 7.68. The molecule has 4 rings (SSSR count). The largest absolute Gasteiger partial charge is 0.472 e. The Kier molecular flexibility index (Phi) is 3.15. The Bertz CT molecular complexity index is 650. The van der Waals surface area contributed by atoms with Gasteiger partial charge >= 0.3 is 0 Å². The van der Waals surface area contributed by atoms with Gasteiger partial charge in [-0.05, 0) is 48.5 Å². The highest BCUT2D eigenvalue weighted by Crippen LogP contribution is 2.67. The minimum Gasteiger partial charge on any atom is -0.472 e. The molecule has 4 heteroatoms. The maximum absolute atomic E-state index is 12.7. The normalized spacial score (nSPS) is 45.5. The summed E-state index contributed by atoms with van der Waals surface area (Å²) in [5.74, 6) is 0.658. The van der Waals surface area contributed by atoms with E-state index in [-0.39, 0.29) is 41.7 Å². The molecule has 1 aromatic heterocycles. The van der Waals surface area contributed by atoms with Crippen LogP contribution in [0, 0.1) is 22.7 Å². The third-order valence-electron chi connectivity index (χ3n) is 7.68. The molecule has 0 aromatic carbocycles. The van der Waals surface area contributed by atoms with Crippen LogP contribution in [0.5, 0.6) is 0 Å². The lowest BCUT2D eigenvalue weighted by atomic mass is 9.46. The van der Waals surface area contributed by atoms with Crippen LogP contribution in [0.1, 0.15) is 50.7 Å². The van der Waals surface area contributed by atoms with Gasteiger partial charge < -0.3 is 14.6 Å². The second-order valence-corrected chi connectivity index (χ2v) is 8.49. The molecule has 2 fully saturated rings. The number of Topliss-reactive ketones (excluding diaryl/α,β-unsaturated/α-hetero) is 1. The van der Waals surface area contributed by atoms with Gasteiger partial charge in [-0.3, -0.25) is 4.79 Å². The fraction of sp³-hybridized carbons (Fsp3) is 0.737. The Labute approximate surface area is 136 Å². The average Bonchev–Trinajstić information content (AvgIpc) is 3.09. The number of hydrogen-bond donors (Lipinski definition) is 2. The zero-order valence-corrected chi connectivity index (χ0v) is 14.0. The quantitative estimate of drug-likeness (QED) is 0.879. The Morgan fingerprint density at radius 3 is 2.65 bits per heavy atom. The van der Waals surface area contributed by atoms with Crippen LogP contribution in [0.15, 0.2) is 16.9 Å². The molecule has 0 radical (unpaired) electrons. The highest BCUT2D eigenvalue weighted by Gasteiger charge is 2.66. The molecule has 0 aliphatic heterocycles. The maximum atomic E-state index is 12.7. The number of rotatable bonds is 2. The number of carbonyl (C=O) groups excluding carboxylic acids is 1. The highest BCUT2D eigenvalue weighted by molar-refractivity contribution is 5.88. The highest BCUT2D eigenvalue weighted by atomic mass is 16.3. The summed E-state index contributed by atoms with van der Waals surface area (Å²) in [7, 11) is 0. The number of hydrogen-bond acceptors (Lipinski definition) is 4. The van der Waals surface area contributed by atoms with Crippen molar-refractivity contribution < 1.29 is 19.4 Å². The molecule has 5 atom stereocenters. The number of aryl methyl sites for hydroxylation is 1. The topological polar surface area (TPSA) is 70.7 Å². The first-order valence-electron chi connectivity index (χ1n) is 8.73. The first-order chi connectivity index (χ1) is 10.9. The molecule has 0 bridgehead atoms. The van der Waals surface area contributed by atoms with Crippen molar-refractivity contribution in [2.75, 3.05) is 13.2 Å². The maximum Gasteiger partial charge on any atom is 0.141 e. The van der Waals surface area contributed by atoms with Crippen LogP contribution >= 0.6 is 0 Å². The van der Waals surface area contributed by atoms with Crippen molar-refractivity contribution in [1.29, 1.82) is 0 Å². The fourth-order valence-electron chi connectivity index (χ4n) is 6.47. The zero-order chi connectivity index (χ0) is 16.5. The van der Waals surface area contributed by atoms with Gasteiger partial charge in [-0.15, -0.1) is 0 Å². The summed E-state index contributed by atoms with van der Waals surface area (Å²) in [6.07, 6.45) is 7.82. The van der Waals surface area contributed by atoms with E-state index in [1.807, 2.05) is 19.5 Å². The first-order valence-corrected chi connectivity index (χ1v) is 8.73. The Morgan fingerprint density at radius 2 is 1.96 bits per heavy atom. The van der Waals surface area contributed by atoms with Gasteiger partial charge in [0, 0.05) is 17.4 Å². The predicted molar refractivity (Wildman–Crippen MR) is 84.9 cm³/mol. The Balaban J connectivity index is 1.84. The predicted octanol–water partition coefficient (Wildman–Crippen LogP) is 2.46. The summed E-state index contributed by atoms with van der Waals surface area (Å²) in [5, 5.41) is 20.3. The smallest absolute Gasteiger partial charge is 0.141 e. The average molecular weight is 318 g/mol. The van der Waals surface area contributed by atoms with E-state index in [1.54, 1.807) is 0 Å². The molecule has 4 nitrogen and oxygen atoms in total. The van der Waals surface area contributed by atoms with Gasteiger partial charge in [-0.25, -0.2) is 0 Å². The van der Waals surface area contributed by atoms with Gasteiger partial charge in [0.25, 0.3) is 0 Å². The van der Waals surface area contributed by atoms with Crippen molar-refractivity contribution in [3.63, 3.8) is 0 Å². The van der Waals surface area contributed by atoms with Gasteiger partial charge in [0.2, 0.25) is 0 Å². The fourth-order valence-corrected chi connectivity index (χ4v) is 6.47. The van der Waals surface area contributed by atoms with Crippen molar-refractivity contribution >= 4 is 5.78 Å². The third kappa shape index (κ3) is 1.66. The molecule has 1 heterocycles. The van der Waals surface area contributed by atoms with Gasteiger partial charge in [-0.2, -0.15) is 0 Å². The number of fused-ring (bicyclic) bond motifs is 5. The van der Waals surface area contributed by atoms with Crippen LogP contribution in [0.3, 0.4) is 0 Å². The molecule has 0 amide bonds. The van der Waals surface area contributed by atoms with E-state index in [1.165, 1.54) is 5.56 Å². The molecule has 126 valence electrons. The summed E-state index contributed by atoms with van der Waals surface area (Å²) in [5.41, 5.74) is 1.32. The van der Waals surface area contributed by atoms with Crippen LogP contribution in [0.25, 0.3) is 0 Å². The number of ketones is 1. The summed E-state index contributed by atoms with van der Waals surface area (Å²) in [4.78, 5) is 12.7. The number of furan rings is 1. The SMILES string of the molecule is C[C@]12CC(=O)[C@@](C)(CO)[C@@H]1CC[C@@]1(CO)c3cocc3CC[C@@H]12. The molecular weight excluding hydrogens is 292 g/mol. The summed E-state index contributed by atoms with van der Waals surface area (Å²) in [6.45, 7) is 4.19. The van der Waals surface area contributed by atoms with E-state index in [4.69, 9.17) is 4.42 Å². The first kappa shape index (κ1) is 15.4. The molecule has 23 heavy (non-hydrogen) atoms. The van der Waals surface area contributed by atoms with Crippen molar-refractivity contribution in [3.05, 3.63) is 23.7 Å². The van der Waals surface area contributed by atoms with Crippen molar-refractivity contribution in [1.82, 2.24) is 0 Å². The molecule has 2 saturated carbocycles. The molecule has 0 unspecified atom stereocenters. The van der Waals surface area contributed by atoms with Crippen LogP contribution in [-0.2, 0) is 16.6 Å². The van der Waals surface area contributed by atoms with Gasteiger partial charge in [-0.1, -0.05) is 13.8 Å². The second kappa shape index (κ2) is 4.70. The molecule has 0 saturated heterocycles. The van der Waals surface area contributed by atoms with E-state index in [0.29, 0.717) is 6.42 Å².